The first-order valence-corrected chi connectivity index (χ1v) is 7.96. The fraction of sp³-hybridized carbons (Fsp3) is 0.278. The molecule has 0 amide bonds. The molecule has 0 aliphatic heterocycles. The normalized spacial score (nSPS) is 11.8. The molecule has 0 aliphatic carbocycles. The quantitative estimate of drug-likeness (QED) is 0.694. The number of methoxy groups -OCH3 is 2. The molecule has 0 saturated carbocycles. The Kier molecular flexibility index (Phi) is 6.31. The zero-order valence-corrected chi connectivity index (χ0v) is 14.5. The van der Waals surface area contributed by atoms with Crippen molar-refractivity contribution >= 4 is 29.2 Å². The van der Waals surface area contributed by atoms with Crippen LogP contribution in [0.25, 0.3) is 0 Å². The molecule has 2 aromatic carbocycles. The summed E-state index contributed by atoms with van der Waals surface area (Å²) in [6.07, 6.45) is 1.32. The van der Waals surface area contributed by atoms with E-state index in [4.69, 9.17) is 32.7 Å². The third-order valence-electron chi connectivity index (χ3n) is 3.70. The summed E-state index contributed by atoms with van der Waals surface area (Å²) in [6, 6.07) is 12.9. The van der Waals surface area contributed by atoms with Crippen LogP contribution in [0.3, 0.4) is 0 Å². The van der Waals surface area contributed by atoms with E-state index in [1.807, 2.05) is 24.3 Å². The van der Waals surface area contributed by atoms with Crippen LogP contribution >= 0.6 is 23.2 Å². The number of benzene rings is 2. The Morgan fingerprint density at radius 3 is 2.35 bits per heavy atom. The van der Waals surface area contributed by atoms with Gasteiger partial charge in [-0.25, -0.2) is 0 Å². The molecule has 0 aliphatic rings. The molecule has 2 aromatic rings. The van der Waals surface area contributed by atoms with Crippen LogP contribution in [-0.4, -0.2) is 20.2 Å². The van der Waals surface area contributed by atoms with Gasteiger partial charge in [-0.3, -0.25) is 4.79 Å². The third kappa shape index (κ3) is 4.63. The molecule has 0 heterocycles. The number of halogens is 2. The van der Waals surface area contributed by atoms with Gasteiger partial charge in [-0.05, 0) is 48.2 Å². The maximum Gasteiger partial charge on any atom is 0.313 e. The van der Waals surface area contributed by atoms with Crippen molar-refractivity contribution < 1.29 is 14.3 Å². The van der Waals surface area contributed by atoms with E-state index in [1.165, 1.54) is 7.11 Å². The summed E-state index contributed by atoms with van der Waals surface area (Å²) in [6.45, 7) is 0. The number of carbonyl (C=O) groups is 1. The minimum Gasteiger partial charge on any atom is -0.497 e. The Morgan fingerprint density at radius 1 is 1.09 bits per heavy atom. The topological polar surface area (TPSA) is 35.5 Å². The molecule has 23 heavy (non-hydrogen) atoms. The van der Waals surface area contributed by atoms with Crippen molar-refractivity contribution in [3.05, 3.63) is 63.6 Å². The molecule has 2 rings (SSSR count). The lowest BCUT2D eigenvalue weighted by atomic mass is 9.92. The Morgan fingerprint density at radius 2 is 1.78 bits per heavy atom. The van der Waals surface area contributed by atoms with E-state index in [0.29, 0.717) is 16.5 Å². The molecule has 0 saturated heterocycles. The van der Waals surface area contributed by atoms with Gasteiger partial charge in [-0.1, -0.05) is 41.4 Å². The molecule has 5 heteroatoms. The second kappa shape index (κ2) is 8.23. The van der Waals surface area contributed by atoms with E-state index < -0.39 is 5.92 Å². The van der Waals surface area contributed by atoms with Gasteiger partial charge in [-0.15, -0.1) is 0 Å². The lowest BCUT2D eigenvalue weighted by Gasteiger charge is -2.17. The highest BCUT2D eigenvalue weighted by Gasteiger charge is 2.23. The van der Waals surface area contributed by atoms with Gasteiger partial charge in [0.15, 0.2) is 0 Å². The molecular weight excluding hydrogens is 335 g/mol. The Balaban J connectivity index is 2.16. The first-order chi connectivity index (χ1) is 11.0. The van der Waals surface area contributed by atoms with Crippen molar-refractivity contribution in [3.63, 3.8) is 0 Å². The van der Waals surface area contributed by atoms with E-state index in [2.05, 4.69) is 0 Å². The highest BCUT2D eigenvalue weighted by atomic mass is 35.5. The van der Waals surface area contributed by atoms with Gasteiger partial charge >= 0.3 is 5.97 Å². The summed E-state index contributed by atoms with van der Waals surface area (Å²) in [7, 11) is 3.01. The lowest BCUT2D eigenvalue weighted by molar-refractivity contribution is -0.142. The van der Waals surface area contributed by atoms with Crippen molar-refractivity contribution in [1.29, 1.82) is 0 Å². The molecule has 0 bridgehead atoms. The molecule has 0 unspecified atom stereocenters. The SMILES string of the molecule is COC(=O)[C@@H](CCc1ccc(OC)cc1)c1ccc(Cl)cc1Cl. The Labute approximate surface area is 146 Å². The lowest BCUT2D eigenvalue weighted by Crippen LogP contribution is -2.15. The third-order valence-corrected chi connectivity index (χ3v) is 4.27. The minimum absolute atomic E-state index is 0.303. The monoisotopic (exact) mass is 352 g/mol. The second-order valence-electron chi connectivity index (χ2n) is 5.13. The number of hydrogen-bond acceptors (Lipinski definition) is 3. The summed E-state index contributed by atoms with van der Waals surface area (Å²) in [4.78, 5) is 12.1. The highest BCUT2D eigenvalue weighted by molar-refractivity contribution is 6.35. The van der Waals surface area contributed by atoms with Crippen molar-refractivity contribution in [2.45, 2.75) is 18.8 Å². The predicted molar refractivity (Wildman–Crippen MR) is 92.5 cm³/mol. The standard InChI is InChI=1S/C18H18Cl2O3/c1-22-14-7-3-12(4-8-14)5-9-16(18(21)23-2)15-10-6-13(19)11-17(15)20/h3-4,6-8,10-11,16H,5,9H2,1-2H3/t16-/m0/s1. The first-order valence-electron chi connectivity index (χ1n) is 7.21. The molecule has 1 atom stereocenters. The molecular formula is C18H18Cl2O3. The smallest absolute Gasteiger partial charge is 0.313 e. The zero-order chi connectivity index (χ0) is 16.8. The van der Waals surface area contributed by atoms with Crippen LogP contribution in [0.4, 0.5) is 0 Å². The van der Waals surface area contributed by atoms with Gasteiger partial charge in [0, 0.05) is 10.0 Å². The van der Waals surface area contributed by atoms with E-state index in [9.17, 15) is 4.79 Å². The summed E-state index contributed by atoms with van der Waals surface area (Å²) in [5.74, 6) is 0.0774. The van der Waals surface area contributed by atoms with Crippen LogP contribution in [0.15, 0.2) is 42.5 Å². The molecule has 0 spiro atoms. The Bertz CT molecular complexity index is 668. The van der Waals surface area contributed by atoms with Gasteiger partial charge < -0.3 is 9.47 Å². The highest BCUT2D eigenvalue weighted by Crippen LogP contribution is 2.31. The fourth-order valence-electron chi connectivity index (χ4n) is 2.43. The average molecular weight is 353 g/mol. The van der Waals surface area contributed by atoms with Gasteiger partial charge in [0.1, 0.15) is 5.75 Å². The average Bonchev–Trinajstić information content (AvgIpc) is 2.56. The first kappa shape index (κ1) is 17.6. The molecule has 0 fully saturated rings. The van der Waals surface area contributed by atoms with Crippen LogP contribution in [0.2, 0.25) is 10.0 Å². The largest absolute Gasteiger partial charge is 0.497 e. The maximum absolute atomic E-state index is 12.1. The second-order valence-corrected chi connectivity index (χ2v) is 5.97. The van der Waals surface area contributed by atoms with E-state index in [0.717, 1.165) is 23.3 Å². The van der Waals surface area contributed by atoms with Crippen molar-refractivity contribution in [3.8, 4) is 5.75 Å². The van der Waals surface area contributed by atoms with Gasteiger partial charge in [0.05, 0.1) is 20.1 Å². The van der Waals surface area contributed by atoms with Gasteiger partial charge in [0.25, 0.3) is 0 Å². The maximum atomic E-state index is 12.1. The summed E-state index contributed by atoms with van der Waals surface area (Å²) >= 11 is 12.2. The fourth-order valence-corrected chi connectivity index (χ4v) is 2.97. The van der Waals surface area contributed by atoms with Crippen LogP contribution in [0.5, 0.6) is 5.75 Å². The molecule has 0 radical (unpaired) electrons. The van der Waals surface area contributed by atoms with Crippen molar-refractivity contribution in [2.75, 3.05) is 14.2 Å². The molecule has 122 valence electrons. The molecule has 3 nitrogen and oxygen atoms in total. The molecule has 0 N–H and O–H groups in total. The van der Waals surface area contributed by atoms with Crippen LogP contribution < -0.4 is 4.74 Å². The van der Waals surface area contributed by atoms with Crippen LogP contribution in [-0.2, 0) is 16.0 Å². The van der Waals surface area contributed by atoms with Crippen LogP contribution in [0.1, 0.15) is 23.5 Å². The van der Waals surface area contributed by atoms with Gasteiger partial charge in [0.2, 0.25) is 0 Å². The molecule has 0 aromatic heterocycles. The van der Waals surface area contributed by atoms with E-state index in [1.54, 1.807) is 25.3 Å². The van der Waals surface area contributed by atoms with E-state index >= 15 is 0 Å². The number of esters is 1. The van der Waals surface area contributed by atoms with Crippen molar-refractivity contribution in [2.24, 2.45) is 0 Å². The predicted octanol–water partition coefficient (Wildman–Crippen LogP) is 4.89. The van der Waals surface area contributed by atoms with Crippen molar-refractivity contribution in [1.82, 2.24) is 0 Å². The summed E-state index contributed by atoms with van der Waals surface area (Å²) in [5, 5.41) is 1.01. The summed E-state index contributed by atoms with van der Waals surface area (Å²) in [5.41, 5.74) is 1.85. The van der Waals surface area contributed by atoms with Crippen LogP contribution in [0, 0.1) is 0 Å². The minimum atomic E-state index is -0.424. The number of carbonyl (C=O) groups excluding carboxylic acids is 1. The number of ether oxygens (including phenoxy) is 2. The number of hydrogen-bond donors (Lipinski definition) is 0. The van der Waals surface area contributed by atoms with E-state index in [-0.39, 0.29) is 5.97 Å². The number of aryl methyl sites for hydroxylation is 1. The number of rotatable bonds is 6. The summed E-state index contributed by atoms with van der Waals surface area (Å²) < 4.78 is 10.1. The zero-order valence-electron chi connectivity index (χ0n) is 13.0. The Hall–Kier alpha value is -1.71. The van der Waals surface area contributed by atoms with Gasteiger partial charge in [-0.2, -0.15) is 0 Å².